The van der Waals surface area contributed by atoms with Gasteiger partial charge < -0.3 is 5.32 Å². The number of nitrogens with zero attached hydrogens (tertiary/aromatic N) is 1. The van der Waals surface area contributed by atoms with Gasteiger partial charge in [-0.05, 0) is 43.5 Å². The lowest BCUT2D eigenvalue weighted by Gasteiger charge is -2.26. The van der Waals surface area contributed by atoms with E-state index in [0.29, 0.717) is 18.1 Å². The summed E-state index contributed by atoms with van der Waals surface area (Å²) >= 11 is 5.94. The summed E-state index contributed by atoms with van der Waals surface area (Å²) in [6, 6.07) is 6.74. The van der Waals surface area contributed by atoms with Crippen molar-refractivity contribution in [3.8, 4) is 0 Å². The van der Waals surface area contributed by atoms with Crippen LogP contribution in [0.15, 0.2) is 29.2 Å². The Morgan fingerprint density at radius 2 is 2.19 bits per heavy atom. The highest BCUT2D eigenvalue weighted by molar-refractivity contribution is 7.89. The fourth-order valence-electron chi connectivity index (χ4n) is 2.61. The first kappa shape index (κ1) is 16.7. The fourth-order valence-corrected chi connectivity index (χ4v) is 4.56. The third-order valence-corrected chi connectivity index (χ3v) is 5.65. The second-order valence-corrected chi connectivity index (χ2v) is 8.34. The molecule has 0 radical (unpaired) electrons. The summed E-state index contributed by atoms with van der Waals surface area (Å²) in [5.74, 6) is 0.278. The van der Waals surface area contributed by atoms with E-state index in [1.807, 2.05) is 13.8 Å². The van der Waals surface area contributed by atoms with Crippen LogP contribution in [0.4, 0.5) is 0 Å². The minimum atomic E-state index is -3.50. The number of hydrogen-bond acceptors (Lipinski definition) is 3. The predicted molar refractivity (Wildman–Crippen MR) is 86.1 cm³/mol. The molecule has 0 saturated carbocycles. The Kier molecular flexibility index (Phi) is 5.66. The zero-order valence-corrected chi connectivity index (χ0v) is 14.1. The zero-order valence-electron chi connectivity index (χ0n) is 12.5. The van der Waals surface area contributed by atoms with Crippen LogP contribution in [0, 0.1) is 5.92 Å². The highest BCUT2D eigenvalue weighted by Gasteiger charge is 2.28. The molecule has 1 N–H and O–H groups in total. The normalized spacial score (nSPS) is 19.6. The number of benzene rings is 1. The molecule has 0 amide bonds. The molecule has 1 atom stereocenters. The Balaban J connectivity index is 2.24. The van der Waals surface area contributed by atoms with Crippen molar-refractivity contribution in [2.24, 2.45) is 5.92 Å². The minimum Gasteiger partial charge on any atom is -0.313 e. The van der Waals surface area contributed by atoms with E-state index in [4.69, 9.17) is 11.6 Å². The number of hydrogen-bond donors (Lipinski definition) is 1. The number of sulfonamides is 1. The van der Waals surface area contributed by atoms with Gasteiger partial charge in [-0.2, -0.15) is 4.31 Å². The van der Waals surface area contributed by atoms with Crippen LogP contribution in [0.2, 0.25) is 5.02 Å². The van der Waals surface area contributed by atoms with Crippen LogP contribution in [0.5, 0.6) is 0 Å². The molecule has 0 spiro atoms. The molecule has 1 fully saturated rings. The van der Waals surface area contributed by atoms with E-state index in [2.05, 4.69) is 5.32 Å². The molecule has 1 unspecified atom stereocenters. The van der Waals surface area contributed by atoms with E-state index >= 15 is 0 Å². The van der Waals surface area contributed by atoms with E-state index in [9.17, 15) is 8.42 Å². The molecule has 0 bridgehead atoms. The molecular formula is C15H23ClN2O2S. The van der Waals surface area contributed by atoms with E-state index in [1.165, 1.54) is 6.07 Å². The van der Waals surface area contributed by atoms with Gasteiger partial charge in [0.1, 0.15) is 0 Å². The summed E-state index contributed by atoms with van der Waals surface area (Å²) in [5, 5.41) is 3.81. The highest BCUT2D eigenvalue weighted by atomic mass is 35.5. The Morgan fingerprint density at radius 3 is 2.76 bits per heavy atom. The van der Waals surface area contributed by atoms with E-state index in [1.54, 1.807) is 22.5 Å². The monoisotopic (exact) mass is 330 g/mol. The molecule has 118 valence electrons. The Hall–Kier alpha value is -0.620. The average molecular weight is 331 g/mol. The molecule has 1 aromatic carbocycles. The topological polar surface area (TPSA) is 49.4 Å². The maximum atomic E-state index is 12.8. The van der Waals surface area contributed by atoms with Gasteiger partial charge >= 0.3 is 0 Å². The standard InChI is InChI=1S/C15H23ClN2O2S/c1-12(2)10-18(11-14-6-4-8-17-14)21(19,20)15-7-3-5-13(16)9-15/h3,5,7,9,12,14,17H,4,6,8,10-11H2,1-2H3. The summed E-state index contributed by atoms with van der Waals surface area (Å²) < 4.78 is 27.3. The fraction of sp³-hybridized carbons (Fsp3) is 0.600. The average Bonchev–Trinajstić information content (AvgIpc) is 2.90. The van der Waals surface area contributed by atoms with Gasteiger partial charge in [0, 0.05) is 24.2 Å². The molecule has 1 aromatic rings. The molecule has 1 aliphatic rings. The molecular weight excluding hydrogens is 308 g/mol. The van der Waals surface area contributed by atoms with Gasteiger partial charge in [0.05, 0.1) is 4.90 Å². The molecule has 0 aromatic heterocycles. The smallest absolute Gasteiger partial charge is 0.243 e. The first-order valence-electron chi connectivity index (χ1n) is 7.38. The van der Waals surface area contributed by atoms with Crippen molar-refractivity contribution >= 4 is 21.6 Å². The van der Waals surface area contributed by atoms with Gasteiger partial charge in [0.15, 0.2) is 0 Å². The zero-order chi connectivity index (χ0) is 15.5. The van der Waals surface area contributed by atoms with Crippen molar-refractivity contribution in [3.63, 3.8) is 0 Å². The molecule has 2 rings (SSSR count). The quantitative estimate of drug-likeness (QED) is 0.872. The summed E-state index contributed by atoms with van der Waals surface area (Å²) in [6.45, 7) is 6.07. The van der Waals surface area contributed by atoms with Crippen LogP contribution in [-0.4, -0.2) is 38.4 Å². The molecule has 1 aliphatic heterocycles. The van der Waals surface area contributed by atoms with Gasteiger partial charge in [0.2, 0.25) is 10.0 Å². The maximum absolute atomic E-state index is 12.8. The second-order valence-electron chi connectivity index (χ2n) is 5.97. The molecule has 4 nitrogen and oxygen atoms in total. The van der Waals surface area contributed by atoms with E-state index in [-0.39, 0.29) is 16.9 Å². The van der Waals surface area contributed by atoms with Gasteiger partial charge in [-0.25, -0.2) is 8.42 Å². The number of rotatable bonds is 6. The second kappa shape index (κ2) is 7.09. The lowest BCUT2D eigenvalue weighted by Crippen LogP contribution is -2.42. The predicted octanol–water partition coefficient (Wildman–Crippen LogP) is 2.74. The van der Waals surface area contributed by atoms with Crippen molar-refractivity contribution in [3.05, 3.63) is 29.3 Å². The summed E-state index contributed by atoms with van der Waals surface area (Å²) in [7, 11) is -3.50. The van der Waals surface area contributed by atoms with Crippen molar-refractivity contribution < 1.29 is 8.42 Å². The van der Waals surface area contributed by atoms with E-state index < -0.39 is 10.0 Å². The summed E-state index contributed by atoms with van der Waals surface area (Å²) in [4.78, 5) is 0.272. The highest BCUT2D eigenvalue weighted by Crippen LogP contribution is 2.22. The number of nitrogens with one attached hydrogen (secondary N) is 1. The van der Waals surface area contributed by atoms with Gasteiger partial charge in [-0.3, -0.25) is 0 Å². The summed E-state index contributed by atoms with van der Waals surface area (Å²) in [5.41, 5.74) is 0. The van der Waals surface area contributed by atoms with Gasteiger partial charge in [0.25, 0.3) is 0 Å². The van der Waals surface area contributed by atoms with Crippen molar-refractivity contribution in [2.45, 2.75) is 37.6 Å². The largest absolute Gasteiger partial charge is 0.313 e. The Morgan fingerprint density at radius 1 is 1.43 bits per heavy atom. The van der Waals surface area contributed by atoms with Crippen molar-refractivity contribution in [1.29, 1.82) is 0 Å². The van der Waals surface area contributed by atoms with Crippen LogP contribution < -0.4 is 5.32 Å². The Labute approximate surface area is 132 Å². The number of halogens is 1. The Bertz CT molecular complexity index is 569. The van der Waals surface area contributed by atoms with Crippen LogP contribution in [0.25, 0.3) is 0 Å². The van der Waals surface area contributed by atoms with Crippen LogP contribution in [-0.2, 0) is 10.0 Å². The lowest BCUT2D eigenvalue weighted by atomic mass is 10.2. The maximum Gasteiger partial charge on any atom is 0.243 e. The van der Waals surface area contributed by atoms with Gasteiger partial charge in [-0.15, -0.1) is 0 Å². The third kappa shape index (κ3) is 4.42. The first-order chi connectivity index (χ1) is 9.89. The molecule has 6 heteroatoms. The van der Waals surface area contributed by atoms with E-state index in [0.717, 1.165) is 19.4 Å². The molecule has 1 saturated heterocycles. The third-order valence-electron chi connectivity index (χ3n) is 3.59. The van der Waals surface area contributed by atoms with Gasteiger partial charge in [-0.1, -0.05) is 31.5 Å². The minimum absolute atomic E-state index is 0.248. The lowest BCUT2D eigenvalue weighted by molar-refractivity contribution is 0.336. The summed E-state index contributed by atoms with van der Waals surface area (Å²) in [6.07, 6.45) is 2.14. The molecule has 21 heavy (non-hydrogen) atoms. The molecule has 0 aliphatic carbocycles. The van der Waals surface area contributed by atoms with Crippen LogP contribution in [0.3, 0.4) is 0 Å². The molecule has 1 heterocycles. The first-order valence-corrected chi connectivity index (χ1v) is 9.20. The van der Waals surface area contributed by atoms with Crippen molar-refractivity contribution in [2.75, 3.05) is 19.6 Å². The van der Waals surface area contributed by atoms with Crippen LogP contribution in [0.1, 0.15) is 26.7 Å². The van der Waals surface area contributed by atoms with Crippen LogP contribution >= 0.6 is 11.6 Å². The SMILES string of the molecule is CC(C)CN(CC1CCCN1)S(=O)(=O)c1cccc(Cl)c1. The van der Waals surface area contributed by atoms with Crippen molar-refractivity contribution in [1.82, 2.24) is 9.62 Å².